The van der Waals surface area contributed by atoms with E-state index >= 15 is 0 Å². The van der Waals surface area contributed by atoms with Gasteiger partial charge in [0.05, 0.1) is 0 Å². The zero-order valence-electron chi connectivity index (χ0n) is 13.4. The summed E-state index contributed by atoms with van der Waals surface area (Å²) in [5.41, 5.74) is 0.771. The van der Waals surface area contributed by atoms with Crippen molar-refractivity contribution in [1.29, 1.82) is 0 Å². The van der Waals surface area contributed by atoms with Gasteiger partial charge in [-0.25, -0.2) is 8.78 Å². The Kier molecular flexibility index (Phi) is 7.21. The number of benzene rings is 2. The molecule has 0 radical (unpaired) electrons. The van der Waals surface area contributed by atoms with Crippen LogP contribution in [0.1, 0.15) is 17.7 Å². The van der Waals surface area contributed by atoms with Crippen LogP contribution in [0.2, 0.25) is 0 Å². The van der Waals surface area contributed by atoms with E-state index in [9.17, 15) is 13.6 Å². The van der Waals surface area contributed by atoms with E-state index in [1.807, 2.05) is 37.3 Å². The molecule has 128 valence electrons. The van der Waals surface area contributed by atoms with Crippen molar-refractivity contribution >= 4 is 17.7 Å². The highest BCUT2D eigenvalue weighted by Crippen LogP contribution is 2.36. The van der Waals surface area contributed by atoms with Gasteiger partial charge in [0, 0.05) is 24.1 Å². The van der Waals surface area contributed by atoms with Crippen molar-refractivity contribution in [2.24, 2.45) is 0 Å². The van der Waals surface area contributed by atoms with E-state index < -0.39 is 16.9 Å². The number of carbonyl (C=O) groups excluding carboxylic acids is 1. The highest BCUT2D eigenvalue weighted by Gasteiger charge is 2.23. The fourth-order valence-electron chi connectivity index (χ4n) is 2.14. The van der Waals surface area contributed by atoms with Crippen molar-refractivity contribution in [2.45, 2.75) is 17.1 Å². The minimum atomic E-state index is -0.665. The first kappa shape index (κ1) is 18.4. The molecule has 2 aromatic carbocycles. The molecule has 0 bridgehead atoms. The van der Waals surface area contributed by atoms with E-state index in [0.717, 1.165) is 29.9 Å². The molecule has 0 heterocycles. The number of nitrogens with one attached hydrogen (secondary N) is 2. The molecule has 0 aliphatic rings. The topological polar surface area (TPSA) is 41.1 Å². The predicted octanol–water partition coefficient (Wildman–Crippen LogP) is 3.52. The highest BCUT2D eigenvalue weighted by molar-refractivity contribution is 8.00. The lowest BCUT2D eigenvalue weighted by Gasteiger charge is -2.17. The van der Waals surface area contributed by atoms with Crippen LogP contribution < -0.4 is 10.6 Å². The monoisotopic (exact) mass is 350 g/mol. The van der Waals surface area contributed by atoms with Gasteiger partial charge >= 0.3 is 0 Å². The van der Waals surface area contributed by atoms with Crippen LogP contribution in [0.4, 0.5) is 8.78 Å². The van der Waals surface area contributed by atoms with Gasteiger partial charge in [-0.05, 0) is 24.2 Å². The highest BCUT2D eigenvalue weighted by atomic mass is 32.2. The number of likely N-dealkylation sites (N-methyl/N-ethyl adjacent to an activating group) is 1. The van der Waals surface area contributed by atoms with Gasteiger partial charge in [0.25, 0.3) is 0 Å². The van der Waals surface area contributed by atoms with Crippen LogP contribution in [0, 0.1) is 11.6 Å². The fourth-order valence-corrected chi connectivity index (χ4v) is 3.20. The molecular weight excluding hydrogens is 330 g/mol. The summed E-state index contributed by atoms with van der Waals surface area (Å²) in [6.45, 7) is 3.97. The van der Waals surface area contributed by atoms with Crippen LogP contribution in [0.25, 0.3) is 0 Å². The molecule has 0 saturated carbocycles. The van der Waals surface area contributed by atoms with Crippen LogP contribution in [-0.2, 0) is 4.79 Å². The van der Waals surface area contributed by atoms with Gasteiger partial charge in [-0.15, -0.1) is 11.8 Å². The minimum absolute atomic E-state index is 0.201. The van der Waals surface area contributed by atoms with Gasteiger partial charge in [-0.2, -0.15) is 0 Å². The number of hydrogen-bond acceptors (Lipinski definition) is 3. The van der Waals surface area contributed by atoms with Gasteiger partial charge in [0.2, 0.25) is 5.91 Å². The summed E-state index contributed by atoms with van der Waals surface area (Å²) in [7, 11) is 0. The Morgan fingerprint density at radius 2 is 1.88 bits per heavy atom. The van der Waals surface area contributed by atoms with Crippen LogP contribution in [-0.4, -0.2) is 25.5 Å². The van der Waals surface area contributed by atoms with Crippen LogP contribution >= 0.6 is 11.8 Å². The maximum atomic E-state index is 13.9. The van der Waals surface area contributed by atoms with Crippen molar-refractivity contribution in [3.63, 3.8) is 0 Å². The molecule has 0 aliphatic heterocycles. The molecule has 6 heteroatoms. The van der Waals surface area contributed by atoms with E-state index in [1.165, 1.54) is 12.1 Å². The van der Waals surface area contributed by atoms with Gasteiger partial charge in [0.1, 0.15) is 16.9 Å². The van der Waals surface area contributed by atoms with E-state index in [0.29, 0.717) is 13.1 Å². The first-order chi connectivity index (χ1) is 11.6. The zero-order valence-corrected chi connectivity index (χ0v) is 14.2. The smallest absolute Gasteiger partial charge is 0.238 e. The lowest BCUT2D eigenvalue weighted by molar-refractivity contribution is -0.120. The largest absolute Gasteiger partial charge is 0.354 e. The third-order valence-electron chi connectivity index (χ3n) is 3.33. The zero-order chi connectivity index (χ0) is 17.4. The third kappa shape index (κ3) is 5.32. The van der Waals surface area contributed by atoms with E-state index in [4.69, 9.17) is 0 Å². The van der Waals surface area contributed by atoms with Crippen molar-refractivity contribution in [3.05, 3.63) is 65.7 Å². The molecule has 2 aromatic rings. The van der Waals surface area contributed by atoms with Gasteiger partial charge in [-0.1, -0.05) is 37.3 Å². The summed E-state index contributed by atoms with van der Waals surface area (Å²) in [6, 6.07) is 12.5. The molecule has 0 spiro atoms. The molecule has 1 unspecified atom stereocenters. The SMILES string of the molecule is CCNCCNC(=O)C(Sc1ccc(F)cc1F)c1ccccc1. The molecule has 24 heavy (non-hydrogen) atoms. The summed E-state index contributed by atoms with van der Waals surface area (Å²) >= 11 is 1.07. The summed E-state index contributed by atoms with van der Waals surface area (Å²) < 4.78 is 27.0. The Balaban J connectivity index is 2.15. The Morgan fingerprint density at radius 3 is 2.54 bits per heavy atom. The maximum Gasteiger partial charge on any atom is 0.238 e. The molecule has 0 aromatic heterocycles. The molecular formula is C18H20F2N2OS. The van der Waals surface area contributed by atoms with Crippen molar-refractivity contribution in [2.75, 3.05) is 19.6 Å². The molecule has 2 rings (SSSR count). The molecule has 3 nitrogen and oxygen atoms in total. The van der Waals surface area contributed by atoms with Crippen LogP contribution in [0.15, 0.2) is 53.4 Å². The Morgan fingerprint density at radius 1 is 1.12 bits per heavy atom. The summed E-state index contributed by atoms with van der Waals surface area (Å²) in [5.74, 6) is -1.50. The predicted molar refractivity (Wildman–Crippen MR) is 93.0 cm³/mol. The standard InChI is InChI=1S/C18H20F2N2OS/c1-2-21-10-11-22-18(23)17(13-6-4-3-5-7-13)24-16-9-8-14(19)12-15(16)20/h3-9,12,17,21H,2,10-11H2,1H3,(H,22,23). The molecule has 0 aliphatic carbocycles. The average Bonchev–Trinajstić information content (AvgIpc) is 2.58. The number of hydrogen-bond donors (Lipinski definition) is 2. The summed E-state index contributed by atoms with van der Waals surface area (Å²) in [4.78, 5) is 12.8. The minimum Gasteiger partial charge on any atom is -0.354 e. The fraction of sp³-hybridized carbons (Fsp3) is 0.278. The normalized spacial score (nSPS) is 12.0. The maximum absolute atomic E-state index is 13.9. The van der Waals surface area contributed by atoms with Gasteiger partial charge in [-0.3, -0.25) is 4.79 Å². The van der Waals surface area contributed by atoms with Crippen LogP contribution in [0.3, 0.4) is 0 Å². The van der Waals surface area contributed by atoms with Crippen molar-refractivity contribution in [3.8, 4) is 0 Å². The third-order valence-corrected chi connectivity index (χ3v) is 4.64. The number of carbonyl (C=O) groups is 1. The second-order valence-corrected chi connectivity index (χ2v) is 6.27. The number of thioether (sulfide) groups is 1. The van der Waals surface area contributed by atoms with E-state index in [-0.39, 0.29) is 10.8 Å². The quantitative estimate of drug-likeness (QED) is 0.565. The average molecular weight is 350 g/mol. The number of rotatable bonds is 8. The second kappa shape index (κ2) is 9.39. The Hall–Kier alpha value is -1.92. The van der Waals surface area contributed by atoms with Gasteiger partial charge < -0.3 is 10.6 Å². The van der Waals surface area contributed by atoms with Crippen LogP contribution in [0.5, 0.6) is 0 Å². The molecule has 0 saturated heterocycles. The molecule has 2 N–H and O–H groups in total. The summed E-state index contributed by atoms with van der Waals surface area (Å²) in [6.07, 6.45) is 0. The lowest BCUT2D eigenvalue weighted by Crippen LogP contribution is -2.34. The second-order valence-electron chi connectivity index (χ2n) is 5.13. The Labute approximate surface area is 144 Å². The van der Waals surface area contributed by atoms with Crippen molar-refractivity contribution < 1.29 is 13.6 Å². The summed E-state index contributed by atoms with van der Waals surface area (Å²) in [5, 5.41) is 5.37. The molecule has 1 amide bonds. The lowest BCUT2D eigenvalue weighted by atomic mass is 10.1. The van der Waals surface area contributed by atoms with E-state index in [2.05, 4.69) is 10.6 Å². The number of amides is 1. The van der Waals surface area contributed by atoms with Gasteiger partial charge in [0.15, 0.2) is 0 Å². The Bertz CT molecular complexity index is 667. The first-order valence-corrected chi connectivity index (χ1v) is 8.65. The number of halogens is 2. The van der Waals surface area contributed by atoms with E-state index in [1.54, 1.807) is 0 Å². The van der Waals surface area contributed by atoms with Crippen molar-refractivity contribution in [1.82, 2.24) is 10.6 Å². The molecule has 0 fully saturated rings. The first-order valence-electron chi connectivity index (χ1n) is 7.77. The molecule has 1 atom stereocenters.